The first kappa shape index (κ1) is 20.8. The lowest BCUT2D eigenvalue weighted by atomic mass is 10.2. The van der Waals surface area contributed by atoms with Crippen molar-refractivity contribution in [3.8, 4) is 17.2 Å². The fourth-order valence-electron chi connectivity index (χ4n) is 2.98. The van der Waals surface area contributed by atoms with Gasteiger partial charge in [0, 0.05) is 30.8 Å². The van der Waals surface area contributed by atoms with Gasteiger partial charge in [-0.3, -0.25) is 9.10 Å². The highest BCUT2D eigenvalue weighted by atomic mass is 32.2. The number of benzene rings is 2. The van der Waals surface area contributed by atoms with Crippen LogP contribution in [0.1, 0.15) is 12.8 Å². The summed E-state index contributed by atoms with van der Waals surface area (Å²) in [5.41, 5.74) is 1.10. The molecule has 2 aromatic rings. The second-order valence-corrected chi connectivity index (χ2v) is 8.45. The molecule has 29 heavy (non-hydrogen) atoms. The van der Waals surface area contributed by atoms with Gasteiger partial charge in [0.25, 0.3) is 0 Å². The summed E-state index contributed by atoms with van der Waals surface area (Å²) in [7, 11) is -1.97. The van der Waals surface area contributed by atoms with E-state index in [1.54, 1.807) is 49.6 Å². The zero-order valence-electron chi connectivity index (χ0n) is 16.4. The molecule has 0 unspecified atom stereocenters. The molecule has 3 rings (SSSR count). The van der Waals surface area contributed by atoms with E-state index in [9.17, 15) is 13.2 Å². The highest BCUT2D eigenvalue weighted by Crippen LogP contribution is 2.34. The number of ether oxygens (including phenoxy) is 3. The van der Waals surface area contributed by atoms with Gasteiger partial charge >= 0.3 is 0 Å². The van der Waals surface area contributed by atoms with Crippen LogP contribution in [0.25, 0.3) is 0 Å². The Labute approximate surface area is 170 Å². The van der Waals surface area contributed by atoms with Crippen LogP contribution in [-0.2, 0) is 14.8 Å². The standard InChI is InChI=1S/C20H24N2O6S/c1-26-17-6-3-5-15(13-17)21-20(23)7-4-10-22(29(2,24)25)16-8-9-18-19(14-16)28-12-11-27-18/h3,5-6,8-9,13-14H,4,7,10-12H2,1-2H3,(H,21,23). The van der Waals surface area contributed by atoms with Crippen LogP contribution in [-0.4, -0.2) is 47.4 Å². The second-order valence-electron chi connectivity index (χ2n) is 6.55. The topological polar surface area (TPSA) is 94.2 Å². The largest absolute Gasteiger partial charge is 0.497 e. The molecular formula is C20H24N2O6S. The Kier molecular flexibility index (Phi) is 6.48. The quantitative estimate of drug-likeness (QED) is 0.706. The summed E-state index contributed by atoms with van der Waals surface area (Å²) in [4.78, 5) is 12.2. The fourth-order valence-corrected chi connectivity index (χ4v) is 3.94. The Hall–Kier alpha value is -2.94. The molecule has 1 N–H and O–H groups in total. The molecule has 0 atom stereocenters. The molecule has 1 amide bonds. The van der Waals surface area contributed by atoms with Gasteiger partial charge in [-0.2, -0.15) is 0 Å². The van der Waals surface area contributed by atoms with Crippen molar-refractivity contribution in [3.05, 3.63) is 42.5 Å². The number of nitrogens with zero attached hydrogens (tertiary/aromatic N) is 1. The van der Waals surface area contributed by atoms with Crippen LogP contribution < -0.4 is 23.8 Å². The Bertz CT molecular complexity index is 977. The Balaban J connectivity index is 1.62. The molecule has 156 valence electrons. The lowest BCUT2D eigenvalue weighted by molar-refractivity contribution is -0.116. The van der Waals surface area contributed by atoms with Crippen LogP contribution in [0, 0.1) is 0 Å². The van der Waals surface area contributed by atoms with Gasteiger partial charge in [-0.15, -0.1) is 0 Å². The van der Waals surface area contributed by atoms with Gasteiger partial charge in [0.2, 0.25) is 15.9 Å². The van der Waals surface area contributed by atoms with Crippen molar-refractivity contribution in [1.82, 2.24) is 0 Å². The summed E-state index contributed by atoms with van der Waals surface area (Å²) in [6.07, 6.45) is 1.67. The van der Waals surface area contributed by atoms with E-state index >= 15 is 0 Å². The first-order chi connectivity index (χ1) is 13.9. The Morgan fingerprint density at radius 1 is 1.14 bits per heavy atom. The summed E-state index contributed by atoms with van der Waals surface area (Å²) < 4.78 is 42.0. The van der Waals surface area contributed by atoms with Gasteiger partial charge < -0.3 is 19.5 Å². The van der Waals surface area contributed by atoms with E-state index in [4.69, 9.17) is 14.2 Å². The van der Waals surface area contributed by atoms with Gasteiger partial charge in [0.1, 0.15) is 19.0 Å². The van der Waals surface area contributed by atoms with Crippen molar-refractivity contribution in [2.45, 2.75) is 12.8 Å². The number of hydrogen-bond donors (Lipinski definition) is 1. The predicted molar refractivity (Wildman–Crippen MR) is 110 cm³/mol. The number of sulfonamides is 1. The molecule has 0 spiro atoms. The number of methoxy groups -OCH3 is 1. The van der Waals surface area contributed by atoms with Gasteiger partial charge in [-0.05, 0) is 30.7 Å². The van der Waals surface area contributed by atoms with Crippen molar-refractivity contribution >= 4 is 27.3 Å². The maximum absolute atomic E-state index is 12.3. The number of rotatable bonds is 8. The maximum Gasteiger partial charge on any atom is 0.232 e. The van der Waals surface area contributed by atoms with Crippen LogP contribution in [0.4, 0.5) is 11.4 Å². The molecule has 0 fully saturated rings. The highest BCUT2D eigenvalue weighted by Gasteiger charge is 2.21. The van der Waals surface area contributed by atoms with Crippen LogP contribution in [0.2, 0.25) is 0 Å². The average molecular weight is 420 g/mol. The molecule has 1 aliphatic rings. The molecule has 1 heterocycles. The summed E-state index contributed by atoms with van der Waals surface area (Å²) >= 11 is 0. The predicted octanol–water partition coefficient (Wildman–Crippen LogP) is 2.65. The number of nitrogens with one attached hydrogen (secondary N) is 1. The number of carbonyl (C=O) groups is 1. The van der Waals surface area contributed by atoms with E-state index in [1.165, 1.54) is 4.31 Å². The van der Waals surface area contributed by atoms with Crippen molar-refractivity contribution in [2.24, 2.45) is 0 Å². The monoisotopic (exact) mass is 420 g/mol. The maximum atomic E-state index is 12.3. The zero-order chi connectivity index (χ0) is 20.9. The Morgan fingerprint density at radius 3 is 2.62 bits per heavy atom. The van der Waals surface area contributed by atoms with Gasteiger partial charge in [-0.1, -0.05) is 6.07 Å². The Morgan fingerprint density at radius 2 is 1.90 bits per heavy atom. The third-order valence-corrected chi connectivity index (χ3v) is 5.53. The molecule has 0 saturated heterocycles. The zero-order valence-corrected chi connectivity index (χ0v) is 17.2. The molecular weight excluding hydrogens is 396 g/mol. The van der Waals surface area contributed by atoms with Crippen molar-refractivity contribution in [3.63, 3.8) is 0 Å². The van der Waals surface area contributed by atoms with E-state index < -0.39 is 10.0 Å². The molecule has 8 nitrogen and oxygen atoms in total. The molecule has 2 aromatic carbocycles. The summed E-state index contributed by atoms with van der Waals surface area (Å²) in [6, 6.07) is 12.1. The van der Waals surface area contributed by atoms with Crippen LogP contribution >= 0.6 is 0 Å². The summed E-state index contributed by atoms with van der Waals surface area (Å²) in [5, 5.41) is 2.79. The van der Waals surface area contributed by atoms with Crippen molar-refractivity contribution in [1.29, 1.82) is 0 Å². The molecule has 9 heteroatoms. The lowest BCUT2D eigenvalue weighted by Crippen LogP contribution is -2.31. The summed E-state index contributed by atoms with van der Waals surface area (Å²) in [5.74, 6) is 1.54. The molecule has 0 aromatic heterocycles. The lowest BCUT2D eigenvalue weighted by Gasteiger charge is -2.25. The minimum absolute atomic E-state index is 0.171. The first-order valence-corrected chi connectivity index (χ1v) is 11.0. The minimum atomic E-state index is -3.52. The number of carbonyl (C=O) groups excluding carboxylic acids is 1. The van der Waals surface area contributed by atoms with Gasteiger partial charge in [0.15, 0.2) is 11.5 Å². The average Bonchev–Trinajstić information content (AvgIpc) is 2.70. The van der Waals surface area contributed by atoms with Gasteiger partial charge in [0.05, 0.1) is 19.1 Å². The molecule has 0 saturated carbocycles. The minimum Gasteiger partial charge on any atom is -0.497 e. The number of fused-ring (bicyclic) bond motifs is 1. The molecule has 0 aliphatic carbocycles. The molecule has 0 radical (unpaired) electrons. The third-order valence-electron chi connectivity index (χ3n) is 4.33. The van der Waals surface area contributed by atoms with E-state index in [1.807, 2.05) is 0 Å². The van der Waals surface area contributed by atoms with E-state index in [0.29, 0.717) is 48.3 Å². The smallest absolute Gasteiger partial charge is 0.232 e. The fraction of sp³-hybridized carbons (Fsp3) is 0.350. The normalized spacial score (nSPS) is 12.9. The van der Waals surface area contributed by atoms with Crippen LogP contribution in [0.15, 0.2) is 42.5 Å². The van der Waals surface area contributed by atoms with Gasteiger partial charge in [-0.25, -0.2) is 8.42 Å². The third kappa shape index (κ3) is 5.54. The molecule has 0 bridgehead atoms. The summed E-state index contributed by atoms with van der Waals surface area (Å²) in [6.45, 7) is 1.05. The van der Waals surface area contributed by atoms with E-state index in [0.717, 1.165) is 6.26 Å². The number of anilines is 2. The second kappa shape index (κ2) is 9.04. The van der Waals surface area contributed by atoms with Crippen molar-refractivity contribution in [2.75, 3.05) is 42.7 Å². The van der Waals surface area contributed by atoms with Crippen molar-refractivity contribution < 1.29 is 27.4 Å². The highest BCUT2D eigenvalue weighted by molar-refractivity contribution is 7.92. The number of hydrogen-bond acceptors (Lipinski definition) is 6. The van der Waals surface area contributed by atoms with E-state index in [2.05, 4.69) is 5.32 Å². The molecule has 1 aliphatic heterocycles. The number of amides is 1. The first-order valence-electron chi connectivity index (χ1n) is 9.18. The van der Waals surface area contributed by atoms with E-state index in [-0.39, 0.29) is 18.9 Å². The SMILES string of the molecule is COc1cccc(NC(=O)CCCN(c2ccc3c(c2)OCCO3)S(C)(=O)=O)c1. The van der Waals surface area contributed by atoms with Crippen LogP contribution in [0.5, 0.6) is 17.2 Å². The van der Waals surface area contributed by atoms with Crippen LogP contribution in [0.3, 0.4) is 0 Å².